The van der Waals surface area contributed by atoms with Crippen LogP contribution in [-0.2, 0) is 25.9 Å². The molecular weight excluding hydrogens is 258 g/mol. The molecule has 3 heteroatoms. The molecular formula is C18H23N3. The molecule has 1 aromatic carbocycles. The maximum absolute atomic E-state index is 4.84. The highest BCUT2D eigenvalue weighted by Gasteiger charge is 2.18. The summed E-state index contributed by atoms with van der Waals surface area (Å²) in [6.45, 7) is 8.31. The van der Waals surface area contributed by atoms with Crippen molar-refractivity contribution in [2.75, 3.05) is 0 Å². The lowest BCUT2D eigenvalue weighted by atomic mass is 10.0. The number of benzene rings is 1. The van der Waals surface area contributed by atoms with Crippen molar-refractivity contribution in [3.63, 3.8) is 0 Å². The second-order valence-corrected chi connectivity index (χ2v) is 6.04. The molecule has 1 aromatic heterocycles. The zero-order chi connectivity index (χ0) is 14.8. The molecule has 2 heterocycles. The van der Waals surface area contributed by atoms with Crippen molar-refractivity contribution in [3.05, 3.63) is 57.7 Å². The van der Waals surface area contributed by atoms with Gasteiger partial charge in [0.15, 0.2) is 0 Å². The van der Waals surface area contributed by atoms with Gasteiger partial charge in [0, 0.05) is 30.8 Å². The lowest BCUT2D eigenvalue weighted by molar-refractivity contribution is 0.753. The molecule has 110 valence electrons. The number of rotatable bonds is 4. The van der Waals surface area contributed by atoms with Gasteiger partial charge in [-0.25, -0.2) is 9.97 Å². The van der Waals surface area contributed by atoms with E-state index in [1.807, 2.05) is 0 Å². The fraction of sp³-hybridized carbons (Fsp3) is 0.444. The Morgan fingerprint density at radius 3 is 2.52 bits per heavy atom. The van der Waals surface area contributed by atoms with Crippen molar-refractivity contribution in [1.29, 1.82) is 0 Å². The number of fused-ring (bicyclic) bond motifs is 1. The molecule has 0 aliphatic carbocycles. The normalized spacial score (nSPS) is 13.5. The van der Waals surface area contributed by atoms with E-state index in [1.165, 1.54) is 33.6 Å². The fourth-order valence-corrected chi connectivity index (χ4v) is 3.17. The summed E-state index contributed by atoms with van der Waals surface area (Å²) in [7, 11) is 0. The minimum atomic E-state index is 0.826. The molecule has 1 N–H and O–H groups in total. The Morgan fingerprint density at radius 1 is 1.05 bits per heavy atom. The predicted octanol–water partition coefficient (Wildman–Crippen LogP) is 3.24. The molecule has 1 aliphatic heterocycles. The minimum Gasteiger partial charge on any atom is -0.307 e. The molecule has 21 heavy (non-hydrogen) atoms. The monoisotopic (exact) mass is 281 g/mol. The first-order chi connectivity index (χ1) is 10.2. The van der Waals surface area contributed by atoms with Gasteiger partial charge in [-0.05, 0) is 25.8 Å². The third-order valence-corrected chi connectivity index (χ3v) is 3.95. The average Bonchev–Trinajstić information content (AvgIpc) is 2.86. The molecule has 0 saturated carbocycles. The van der Waals surface area contributed by atoms with Crippen LogP contribution in [0.1, 0.15) is 52.8 Å². The lowest BCUT2D eigenvalue weighted by Gasteiger charge is -2.10. The number of nitrogens with one attached hydrogen (secondary N) is 1. The number of nitrogens with zero attached hydrogens (tertiary/aromatic N) is 2. The van der Waals surface area contributed by atoms with Gasteiger partial charge in [0.2, 0.25) is 0 Å². The number of hydrogen-bond acceptors (Lipinski definition) is 3. The molecule has 0 fully saturated rings. The van der Waals surface area contributed by atoms with Crippen molar-refractivity contribution in [3.8, 4) is 0 Å². The Balaban J connectivity index is 1.93. The molecule has 0 radical (unpaired) electrons. The third kappa shape index (κ3) is 3.13. The van der Waals surface area contributed by atoms with E-state index in [4.69, 9.17) is 9.97 Å². The van der Waals surface area contributed by atoms with E-state index in [0.717, 1.165) is 38.2 Å². The number of aryl methyl sites for hydroxylation is 3. The summed E-state index contributed by atoms with van der Waals surface area (Å²) in [6, 6.07) is 6.68. The molecule has 0 atom stereocenters. The van der Waals surface area contributed by atoms with Crippen LogP contribution in [0.3, 0.4) is 0 Å². The predicted molar refractivity (Wildman–Crippen MR) is 85.3 cm³/mol. The average molecular weight is 281 g/mol. The van der Waals surface area contributed by atoms with Crippen LogP contribution >= 0.6 is 0 Å². The largest absolute Gasteiger partial charge is 0.307 e. The fourth-order valence-electron chi connectivity index (χ4n) is 3.17. The van der Waals surface area contributed by atoms with E-state index < -0.39 is 0 Å². The summed E-state index contributed by atoms with van der Waals surface area (Å²) in [5.41, 5.74) is 7.70. The van der Waals surface area contributed by atoms with Gasteiger partial charge in [0.1, 0.15) is 5.82 Å². The van der Waals surface area contributed by atoms with Crippen LogP contribution in [0.15, 0.2) is 18.2 Å². The molecule has 3 nitrogen and oxygen atoms in total. The van der Waals surface area contributed by atoms with Gasteiger partial charge in [0.25, 0.3) is 0 Å². The highest BCUT2D eigenvalue weighted by atomic mass is 15.0. The smallest absolute Gasteiger partial charge is 0.133 e. The van der Waals surface area contributed by atoms with Crippen molar-refractivity contribution in [2.24, 2.45) is 0 Å². The minimum absolute atomic E-state index is 0.826. The Bertz CT molecular complexity index is 642. The van der Waals surface area contributed by atoms with E-state index in [0.29, 0.717) is 0 Å². The highest BCUT2D eigenvalue weighted by Crippen LogP contribution is 2.20. The highest BCUT2D eigenvalue weighted by molar-refractivity contribution is 5.33. The van der Waals surface area contributed by atoms with Gasteiger partial charge in [-0.1, -0.05) is 42.7 Å². The molecule has 2 aromatic rings. The quantitative estimate of drug-likeness (QED) is 0.935. The maximum atomic E-state index is 4.84. The summed E-state index contributed by atoms with van der Waals surface area (Å²) >= 11 is 0. The molecule has 0 amide bonds. The summed E-state index contributed by atoms with van der Waals surface area (Å²) in [5, 5.41) is 3.39. The van der Waals surface area contributed by atoms with E-state index in [2.05, 4.69) is 44.3 Å². The molecule has 0 unspecified atom stereocenters. The lowest BCUT2D eigenvalue weighted by Crippen LogP contribution is -2.07. The maximum Gasteiger partial charge on any atom is 0.133 e. The molecule has 0 saturated heterocycles. The van der Waals surface area contributed by atoms with Gasteiger partial charge in [-0.2, -0.15) is 0 Å². The van der Waals surface area contributed by atoms with Gasteiger partial charge < -0.3 is 5.32 Å². The van der Waals surface area contributed by atoms with Crippen LogP contribution in [-0.4, -0.2) is 9.97 Å². The van der Waals surface area contributed by atoms with Crippen molar-refractivity contribution in [1.82, 2.24) is 15.3 Å². The number of hydrogen-bond donors (Lipinski definition) is 1. The molecule has 1 aliphatic rings. The van der Waals surface area contributed by atoms with Crippen LogP contribution in [0.4, 0.5) is 0 Å². The second-order valence-electron chi connectivity index (χ2n) is 6.04. The Labute approximate surface area is 126 Å². The van der Waals surface area contributed by atoms with E-state index in [1.54, 1.807) is 0 Å². The SMILES string of the molecule is CCCc1nc(Cc2cc(C)cc(C)c2)nc2c1CNC2. The van der Waals surface area contributed by atoms with E-state index in [9.17, 15) is 0 Å². The first-order valence-corrected chi connectivity index (χ1v) is 7.81. The van der Waals surface area contributed by atoms with Gasteiger partial charge in [-0.3, -0.25) is 0 Å². The van der Waals surface area contributed by atoms with Gasteiger partial charge >= 0.3 is 0 Å². The van der Waals surface area contributed by atoms with Crippen molar-refractivity contribution in [2.45, 2.75) is 53.1 Å². The molecule has 0 bridgehead atoms. The Hall–Kier alpha value is -1.74. The zero-order valence-electron chi connectivity index (χ0n) is 13.2. The van der Waals surface area contributed by atoms with E-state index >= 15 is 0 Å². The third-order valence-electron chi connectivity index (χ3n) is 3.95. The van der Waals surface area contributed by atoms with Crippen LogP contribution in [0.5, 0.6) is 0 Å². The molecule has 3 rings (SSSR count). The summed E-state index contributed by atoms with van der Waals surface area (Å²) in [4.78, 5) is 9.61. The van der Waals surface area contributed by atoms with Crippen molar-refractivity contribution >= 4 is 0 Å². The van der Waals surface area contributed by atoms with Crippen molar-refractivity contribution < 1.29 is 0 Å². The van der Waals surface area contributed by atoms with Gasteiger partial charge in [-0.15, -0.1) is 0 Å². The Kier molecular flexibility index (Phi) is 4.02. The van der Waals surface area contributed by atoms with Crippen LogP contribution < -0.4 is 5.32 Å². The van der Waals surface area contributed by atoms with Crippen LogP contribution in [0, 0.1) is 13.8 Å². The molecule has 0 spiro atoms. The Morgan fingerprint density at radius 2 is 1.81 bits per heavy atom. The first-order valence-electron chi connectivity index (χ1n) is 7.81. The number of aromatic nitrogens is 2. The topological polar surface area (TPSA) is 37.8 Å². The second kappa shape index (κ2) is 5.94. The zero-order valence-corrected chi connectivity index (χ0v) is 13.2. The standard InChI is InChI=1S/C18H23N3/c1-4-5-16-15-10-19-11-17(15)21-18(20-16)9-14-7-12(2)6-13(3)8-14/h6-8,19H,4-5,9-11H2,1-3H3. The summed E-state index contributed by atoms with van der Waals surface area (Å²) in [5.74, 6) is 0.964. The first kappa shape index (κ1) is 14.2. The van der Waals surface area contributed by atoms with Crippen LogP contribution in [0.2, 0.25) is 0 Å². The summed E-state index contributed by atoms with van der Waals surface area (Å²) < 4.78 is 0. The van der Waals surface area contributed by atoms with Crippen LogP contribution in [0.25, 0.3) is 0 Å². The summed E-state index contributed by atoms with van der Waals surface area (Å²) in [6.07, 6.45) is 3.01. The van der Waals surface area contributed by atoms with Gasteiger partial charge in [0.05, 0.1) is 5.69 Å². The van der Waals surface area contributed by atoms with E-state index in [-0.39, 0.29) is 0 Å².